The molecule has 5 nitrogen and oxygen atoms in total. The van der Waals surface area contributed by atoms with Gasteiger partial charge in [-0.3, -0.25) is 4.90 Å². The number of nitrogens with one attached hydrogen (secondary N) is 1. The van der Waals surface area contributed by atoms with Gasteiger partial charge in [0.25, 0.3) is 5.89 Å². The van der Waals surface area contributed by atoms with Crippen LogP contribution in [0.4, 0.5) is 0 Å². The maximum atomic E-state index is 5.33. The predicted molar refractivity (Wildman–Crippen MR) is 84.2 cm³/mol. The summed E-state index contributed by atoms with van der Waals surface area (Å²) in [6, 6.07) is 2.01. The molecule has 0 radical (unpaired) electrons. The van der Waals surface area contributed by atoms with Crippen molar-refractivity contribution in [2.24, 2.45) is 5.92 Å². The fourth-order valence-electron chi connectivity index (χ4n) is 2.72. The van der Waals surface area contributed by atoms with Gasteiger partial charge in [-0.2, -0.15) is 16.3 Å². The molecule has 0 aromatic carbocycles. The minimum atomic E-state index is 0.633. The van der Waals surface area contributed by atoms with E-state index in [1.807, 2.05) is 16.8 Å². The number of piperidine rings is 1. The third kappa shape index (κ3) is 3.90. The van der Waals surface area contributed by atoms with Crippen molar-refractivity contribution in [3.05, 3.63) is 22.7 Å². The van der Waals surface area contributed by atoms with Crippen molar-refractivity contribution in [1.82, 2.24) is 20.4 Å². The zero-order chi connectivity index (χ0) is 14.5. The van der Waals surface area contributed by atoms with E-state index in [1.54, 1.807) is 11.3 Å². The molecule has 3 heterocycles. The smallest absolute Gasteiger partial charge is 0.258 e. The zero-order valence-corrected chi connectivity index (χ0v) is 13.2. The first-order chi connectivity index (χ1) is 10.3. The summed E-state index contributed by atoms with van der Waals surface area (Å²) in [4.78, 5) is 6.91. The first-order valence-electron chi connectivity index (χ1n) is 7.63. The summed E-state index contributed by atoms with van der Waals surface area (Å²) in [5, 5.41) is 11.6. The van der Waals surface area contributed by atoms with E-state index in [9.17, 15) is 0 Å². The van der Waals surface area contributed by atoms with E-state index in [0.717, 1.165) is 50.0 Å². The van der Waals surface area contributed by atoms with Crippen LogP contribution >= 0.6 is 11.3 Å². The summed E-state index contributed by atoms with van der Waals surface area (Å²) in [5.41, 5.74) is 1.02. The Hall–Kier alpha value is -1.24. The molecule has 114 valence electrons. The van der Waals surface area contributed by atoms with E-state index in [-0.39, 0.29) is 0 Å². The highest BCUT2D eigenvalue weighted by Crippen LogP contribution is 2.21. The summed E-state index contributed by atoms with van der Waals surface area (Å²) in [6.45, 7) is 7.41. The number of likely N-dealkylation sites (tertiary alicyclic amines) is 1. The Balaban J connectivity index is 1.49. The first-order valence-corrected chi connectivity index (χ1v) is 8.57. The highest BCUT2D eigenvalue weighted by Gasteiger charge is 2.20. The molecule has 1 aliphatic rings. The Morgan fingerprint density at radius 2 is 2.29 bits per heavy atom. The van der Waals surface area contributed by atoms with Crippen molar-refractivity contribution >= 4 is 11.3 Å². The summed E-state index contributed by atoms with van der Waals surface area (Å²) in [6.07, 6.45) is 2.50. The third-order valence-corrected chi connectivity index (χ3v) is 4.67. The second-order valence-corrected chi connectivity index (χ2v) is 6.34. The lowest BCUT2D eigenvalue weighted by molar-refractivity contribution is 0.171. The SMILES string of the molecule is CCNCC1CCN(Cc2noc(-c3ccsc3)n2)CC1. The van der Waals surface area contributed by atoms with Gasteiger partial charge in [-0.15, -0.1) is 0 Å². The van der Waals surface area contributed by atoms with Crippen LogP contribution in [0.3, 0.4) is 0 Å². The molecule has 1 saturated heterocycles. The number of hydrogen-bond acceptors (Lipinski definition) is 6. The third-order valence-electron chi connectivity index (χ3n) is 3.99. The number of hydrogen-bond donors (Lipinski definition) is 1. The van der Waals surface area contributed by atoms with Crippen LogP contribution in [-0.2, 0) is 6.54 Å². The van der Waals surface area contributed by atoms with Gasteiger partial charge in [-0.1, -0.05) is 12.1 Å². The quantitative estimate of drug-likeness (QED) is 0.889. The topological polar surface area (TPSA) is 54.2 Å². The molecule has 2 aromatic rings. The van der Waals surface area contributed by atoms with Gasteiger partial charge in [-0.05, 0) is 56.4 Å². The van der Waals surface area contributed by atoms with Crippen molar-refractivity contribution in [3.8, 4) is 11.5 Å². The molecule has 0 saturated carbocycles. The van der Waals surface area contributed by atoms with E-state index in [0.29, 0.717) is 5.89 Å². The van der Waals surface area contributed by atoms with Crippen LogP contribution in [0, 0.1) is 5.92 Å². The normalized spacial score (nSPS) is 17.4. The molecule has 6 heteroatoms. The molecule has 1 fully saturated rings. The lowest BCUT2D eigenvalue weighted by atomic mass is 9.97. The van der Waals surface area contributed by atoms with Crippen LogP contribution < -0.4 is 5.32 Å². The number of aromatic nitrogens is 2. The van der Waals surface area contributed by atoms with E-state index < -0.39 is 0 Å². The Bertz CT molecular complexity index is 532. The average molecular weight is 306 g/mol. The molecule has 0 unspecified atom stereocenters. The van der Waals surface area contributed by atoms with Crippen LogP contribution in [0.25, 0.3) is 11.5 Å². The second-order valence-electron chi connectivity index (χ2n) is 5.55. The van der Waals surface area contributed by atoms with Crippen LogP contribution in [0.5, 0.6) is 0 Å². The maximum absolute atomic E-state index is 5.33. The molecule has 0 bridgehead atoms. The highest BCUT2D eigenvalue weighted by atomic mass is 32.1. The van der Waals surface area contributed by atoms with Gasteiger partial charge in [0.15, 0.2) is 5.82 Å². The van der Waals surface area contributed by atoms with Crippen molar-refractivity contribution in [1.29, 1.82) is 0 Å². The molecule has 0 atom stereocenters. The second kappa shape index (κ2) is 7.15. The first kappa shape index (κ1) is 14.7. The number of thiophene rings is 1. The van der Waals surface area contributed by atoms with Gasteiger partial charge >= 0.3 is 0 Å². The van der Waals surface area contributed by atoms with Crippen LogP contribution in [-0.4, -0.2) is 41.2 Å². The molecular weight excluding hydrogens is 284 g/mol. The molecule has 2 aromatic heterocycles. The van der Waals surface area contributed by atoms with Gasteiger partial charge in [0.2, 0.25) is 0 Å². The summed E-state index contributed by atoms with van der Waals surface area (Å²) >= 11 is 1.64. The van der Waals surface area contributed by atoms with Gasteiger partial charge in [0, 0.05) is 5.38 Å². The highest BCUT2D eigenvalue weighted by molar-refractivity contribution is 7.08. The van der Waals surface area contributed by atoms with Crippen LogP contribution in [0.1, 0.15) is 25.6 Å². The average Bonchev–Trinajstić information content (AvgIpc) is 3.17. The van der Waals surface area contributed by atoms with Gasteiger partial charge in [0.1, 0.15) is 0 Å². The number of nitrogens with zero attached hydrogens (tertiary/aromatic N) is 3. The number of rotatable bonds is 6. The molecule has 0 amide bonds. The van der Waals surface area contributed by atoms with Crippen molar-refractivity contribution < 1.29 is 4.52 Å². The summed E-state index contributed by atoms with van der Waals surface area (Å²) < 4.78 is 5.33. The zero-order valence-electron chi connectivity index (χ0n) is 12.4. The molecule has 1 N–H and O–H groups in total. The van der Waals surface area contributed by atoms with Crippen molar-refractivity contribution in [2.45, 2.75) is 26.3 Å². The fraction of sp³-hybridized carbons (Fsp3) is 0.600. The van der Waals surface area contributed by atoms with E-state index >= 15 is 0 Å². The van der Waals surface area contributed by atoms with E-state index in [2.05, 4.69) is 27.3 Å². The van der Waals surface area contributed by atoms with Crippen LogP contribution in [0.15, 0.2) is 21.3 Å². The molecular formula is C15H22N4OS. The van der Waals surface area contributed by atoms with E-state index in [4.69, 9.17) is 4.52 Å². The molecule has 21 heavy (non-hydrogen) atoms. The van der Waals surface area contributed by atoms with Gasteiger partial charge in [0.05, 0.1) is 12.1 Å². The Morgan fingerprint density at radius 1 is 1.43 bits per heavy atom. The molecule has 0 aliphatic carbocycles. The van der Waals surface area contributed by atoms with Gasteiger partial charge < -0.3 is 9.84 Å². The Kier molecular flexibility index (Phi) is 5.00. The molecule has 0 spiro atoms. The predicted octanol–water partition coefficient (Wildman–Crippen LogP) is 2.62. The standard InChI is InChI=1S/C15H22N4OS/c1-2-16-9-12-3-6-19(7-4-12)10-14-17-15(20-18-14)13-5-8-21-11-13/h5,8,11-12,16H,2-4,6-7,9-10H2,1H3. The Labute approximate surface area is 129 Å². The lowest BCUT2D eigenvalue weighted by Crippen LogP contribution is -2.37. The lowest BCUT2D eigenvalue weighted by Gasteiger charge is -2.31. The largest absolute Gasteiger partial charge is 0.334 e. The van der Waals surface area contributed by atoms with Gasteiger partial charge in [-0.25, -0.2) is 0 Å². The Morgan fingerprint density at radius 3 is 3.00 bits per heavy atom. The molecule has 1 aliphatic heterocycles. The summed E-state index contributed by atoms with van der Waals surface area (Å²) in [5.74, 6) is 2.24. The van der Waals surface area contributed by atoms with Crippen LogP contribution in [0.2, 0.25) is 0 Å². The fourth-order valence-corrected chi connectivity index (χ4v) is 3.35. The summed E-state index contributed by atoms with van der Waals surface area (Å²) in [7, 11) is 0. The van der Waals surface area contributed by atoms with Crippen molar-refractivity contribution in [3.63, 3.8) is 0 Å². The monoisotopic (exact) mass is 306 g/mol. The maximum Gasteiger partial charge on any atom is 0.258 e. The minimum Gasteiger partial charge on any atom is -0.334 e. The van der Waals surface area contributed by atoms with E-state index in [1.165, 1.54) is 12.8 Å². The minimum absolute atomic E-state index is 0.633. The molecule has 3 rings (SSSR count). The van der Waals surface area contributed by atoms with Crippen molar-refractivity contribution in [2.75, 3.05) is 26.2 Å².